The molecule has 8 heteroatoms. The number of hydrogen-bond acceptors (Lipinski definition) is 6. The second kappa shape index (κ2) is 4.47. The van der Waals surface area contributed by atoms with E-state index in [1.54, 1.807) is 0 Å². The van der Waals surface area contributed by atoms with Crippen LogP contribution in [0.2, 0.25) is 0 Å². The van der Waals surface area contributed by atoms with Crippen molar-refractivity contribution in [2.45, 2.75) is 4.90 Å². The van der Waals surface area contributed by atoms with E-state index in [1.165, 1.54) is 12.1 Å². The zero-order valence-electron chi connectivity index (χ0n) is 8.43. The van der Waals surface area contributed by atoms with Crippen molar-refractivity contribution in [1.29, 1.82) is 0 Å². The van der Waals surface area contributed by atoms with E-state index in [1.807, 2.05) is 0 Å². The van der Waals surface area contributed by atoms with Crippen LogP contribution in [0.15, 0.2) is 23.1 Å². The third-order valence-corrected chi connectivity index (χ3v) is 2.81. The second-order valence-electron chi connectivity index (χ2n) is 2.89. The van der Waals surface area contributed by atoms with Gasteiger partial charge in [-0.15, -0.1) is 0 Å². The normalized spacial score (nSPS) is 10.9. The van der Waals surface area contributed by atoms with Gasteiger partial charge in [0.2, 0.25) is 10.0 Å². The first-order valence-corrected chi connectivity index (χ1v) is 5.66. The van der Waals surface area contributed by atoms with Gasteiger partial charge in [-0.05, 0) is 18.2 Å². The number of hydrogen-bond donors (Lipinski definition) is 3. The molecule has 5 N–H and O–H groups in total. The summed E-state index contributed by atoms with van der Waals surface area (Å²) in [5.41, 5.74) is 2.43. The molecule has 0 heterocycles. The molecule has 7 nitrogen and oxygen atoms in total. The molecule has 1 aromatic rings. The largest absolute Gasteiger partial charge is 0.465 e. The summed E-state index contributed by atoms with van der Waals surface area (Å²) in [5, 5.41) is 4.97. The molecule has 16 heavy (non-hydrogen) atoms. The molecule has 1 aromatic carbocycles. The maximum atomic E-state index is 11.3. The number of esters is 1. The molecule has 0 aliphatic carbocycles. The Morgan fingerprint density at radius 2 is 2.06 bits per heavy atom. The summed E-state index contributed by atoms with van der Waals surface area (Å²) < 4.78 is 26.9. The maximum Gasteiger partial charge on any atom is 0.339 e. The summed E-state index contributed by atoms with van der Waals surface area (Å²) >= 11 is 0. The molecule has 0 amide bonds. The highest BCUT2D eigenvalue weighted by atomic mass is 32.2. The summed E-state index contributed by atoms with van der Waals surface area (Å²) in [5.74, 6) is 4.33. The van der Waals surface area contributed by atoms with Gasteiger partial charge in [0.15, 0.2) is 0 Å². The Morgan fingerprint density at radius 3 is 2.50 bits per heavy atom. The van der Waals surface area contributed by atoms with E-state index in [2.05, 4.69) is 10.2 Å². The number of carbonyl (C=O) groups is 1. The molecule has 0 bridgehead atoms. The van der Waals surface area contributed by atoms with Crippen molar-refractivity contribution in [3.8, 4) is 0 Å². The third kappa shape index (κ3) is 2.48. The van der Waals surface area contributed by atoms with E-state index in [0.29, 0.717) is 5.69 Å². The van der Waals surface area contributed by atoms with E-state index in [9.17, 15) is 13.2 Å². The average molecular weight is 245 g/mol. The van der Waals surface area contributed by atoms with Crippen LogP contribution in [0, 0.1) is 0 Å². The SMILES string of the molecule is COC(=O)c1ccc(NN)cc1S(N)(=O)=O. The first kappa shape index (κ1) is 12.4. The smallest absolute Gasteiger partial charge is 0.339 e. The predicted molar refractivity (Wildman–Crippen MR) is 57.0 cm³/mol. The van der Waals surface area contributed by atoms with Crippen LogP contribution in [0.3, 0.4) is 0 Å². The zero-order valence-corrected chi connectivity index (χ0v) is 9.24. The van der Waals surface area contributed by atoms with Gasteiger partial charge in [-0.2, -0.15) is 0 Å². The van der Waals surface area contributed by atoms with Gasteiger partial charge in [0.25, 0.3) is 0 Å². The number of anilines is 1. The van der Waals surface area contributed by atoms with Crippen molar-refractivity contribution in [3.05, 3.63) is 23.8 Å². The minimum atomic E-state index is -4.02. The van der Waals surface area contributed by atoms with Gasteiger partial charge in [-0.1, -0.05) is 0 Å². The lowest BCUT2D eigenvalue weighted by atomic mass is 10.2. The molecule has 0 spiro atoms. The highest BCUT2D eigenvalue weighted by Crippen LogP contribution is 2.19. The number of rotatable bonds is 3. The molecule has 0 fully saturated rings. The highest BCUT2D eigenvalue weighted by Gasteiger charge is 2.20. The number of nitrogens with one attached hydrogen (secondary N) is 1. The van der Waals surface area contributed by atoms with E-state index in [4.69, 9.17) is 11.0 Å². The Bertz CT molecular complexity index is 512. The molecule has 0 radical (unpaired) electrons. The summed E-state index contributed by atoms with van der Waals surface area (Å²) in [7, 11) is -2.87. The molecule has 0 aliphatic heterocycles. The quantitative estimate of drug-likeness (QED) is 0.371. The van der Waals surface area contributed by atoms with Crippen molar-refractivity contribution in [1.82, 2.24) is 0 Å². The van der Waals surface area contributed by atoms with Gasteiger partial charge in [0, 0.05) is 5.69 Å². The lowest BCUT2D eigenvalue weighted by Gasteiger charge is -2.08. The fraction of sp³-hybridized carbons (Fsp3) is 0.125. The number of primary sulfonamides is 1. The van der Waals surface area contributed by atoms with E-state index in [-0.39, 0.29) is 10.5 Å². The number of nitrogens with two attached hydrogens (primary N) is 2. The summed E-state index contributed by atoms with van der Waals surface area (Å²) in [6, 6.07) is 3.85. The molecule has 0 saturated carbocycles. The van der Waals surface area contributed by atoms with E-state index in [0.717, 1.165) is 13.2 Å². The maximum absolute atomic E-state index is 11.3. The number of carbonyl (C=O) groups excluding carboxylic acids is 1. The summed E-state index contributed by atoms with van der Waals surface area (Å²) in [6.07, 6.45) is 0. The van der Waals surface area contributed by atoms with Crippen molar-refractivity contribution in [3.63, 3.8) is 0 Å². The summed E-state index contributed by atoms with van der Waals surface area (Å²) in [4.78, 5) is 10.9. The second-order valence-corrected chi connectivity index (χ2v) is 4.42. The molecule has 0 saturated heterocycles. The molecule has 0 aromatic heterocycles. The van der Waals surface area contributed by atoms with E-state index < -0.39 is 16.0 Å². The van der Waals surface area contributed by atoms with Crippen LogP contribution in [0.5, 0.6) is 0 Å². The number of benzene rings is 1. The van der Waals surface area contributed by atoms with Gasteiger partial charge in [-0.3, -0.25) is 5.84 Å². The summed E-state index contributed by atoms with van der Waals surface area (Å²) in [6.45, 7) is 0. The molecule has 1 rings (SSSR count). The lowest BCUT2D eigenvalue weighted by Crippen LogP contribution is -2.18. The van der Waals surface area contributed by atoms with Crippen molar-refractivity contribution in [2.24, 2.45) is 11.0 Å². The molecular formula is C8H11N3O4S. The third-order valence-electron chi connectivity index (χ3n) is 1.86. The van der Waals surface area contributed by atoms with Crippen LogP contribution in [0.1, 0.15) is 10.4 Å². The number of nitrogen functional groups attached to an aromatic ring is 1. The fourth-order valence-corrected chi connectivity index (χ4v) is 1.88. The zero-order chi connectivity index (χ0) is 12.3. The standard InChI is InChI=1S/C8H11N3O4S/c1-15-8(12)6-3-2-5(11-9)4-7(6)16(10,13)14/h2-4,11H,9H2,1H3,(H2,10,13,14). The number of sulfonamides is 1. The Hall–Kier alpha value is -1.64. The molecule has 88 valence electrons. The monoisotopic (exact) mass is 245 g/mol. The Balaban J connectivity index is 3.45. The van der Waals surface area contributed by atoms with Crippen LogP contribution in [0.4, 0.5) is 5.69 Å². The van der Waals surface area contributed by atoms with Crippen molar-refractivity contribution < 1.29 is 17.9 Å². The first-order chi connectivity index (χ1) is 7.40. The van der Waals surface area contributed by atoms with Gasteiger partial charge < -0.3 is 10.2 Å². The van der Waals surface area contributed by atoms with Gasteiger partial charge in [0.05, 0.1) is 17.6 Å². The first-order valence-electron chi connectivity index (χ1n) is 4.12. The Kier molecular flexibility index (Phi) is 3.48. The number of ether oxygens (including phenoxy) is 1. The van der Waals surface area contributed by atoms with Crippen LogP contribution in [0.25, 0.3) is 0 Å². The van der Waals surface area contributed by atoms with Crippen LogP contribution >= 0.6 is 0 Å². The highest BCUT2D eigenvalue weighted by molar-refractivity contribution is 7.89. The molecule has 0 atom stereocenters. The van der Waals surface area contributed by atoms with Gasteiger partial charge >= 0.3 is 5.97 Å². The molecule has 0 unspecified atom stereocenters. The number of hydrazine groups is 1. The van der Waals surface area contributed by atoms with Crippen molar-refractivity contribution in [2.75, 3.05) is 12.5 Å². The topological polar surface area (TPSA) is 125 Å². The predicted octanol–water partition coefficient (Wildman–Crippen LogP) is -0.594. The Morgan fingerprint density at radius 1 is 1.44 bits per heavy atom. The average Bonchev–Trinajstić information content (AvgIpc) is 2.26. The van der Waals surface area contributed by atoms with Crippen LogP contribution in [-0.4, -0.2) is 21.5 Å². The molecule has 0 aliphatic rings. The molecular weight excluding hydrogens is 234 g/mol. The van der Waals surface area contributed by atoms with E-state index >= 15 is 0 Å². The van der Waals surface area contributed by atoms with Crippen LogP contribution < -0.4 is 16.4 Å². The minimum absolute atomic E-state index is 0.135. The van der Waals surface area contributed by atoms with Gasteiger partial charge in [0.1, 0.15) is 0 Å². The van der Waals surface area contributed by atoms with Crippen molar-refractivity contribution >= 4 is 21.7 Å². The fourth-order valence-electron chi connectivity index (χ4n) is 1.13. The Labute approximate surface area is 92.4 Å². The lowest BCUT2D eigenvalue weighted by molar-refractivity contribution is 0.0596. The minimum Gasteiger partial charge on any atom is -0.465 e. The van der Waals surface area contributed by atoms with Crippen LogP contribution in [-0.2, 0) is 14.8 Å². The van der Waals surface area contributed by atoms with Gasteiger partial charge in [-0.25, -0.2) is 18.4 Å². The number of methoxy groups -OCH3 is 1.